The minimum absolute atomic E-state index is 0.131. The van der Waals surface area contributed by atoms with Gasteiger partial charge in [0.2, 0.25) is 5.75 Å². The van der Waals surface area contributed by atoms with Crippen LogP contribution in [0.4, 0.5) is 5.69 Å². The Morgan fingerprint density at radius 1 is 1.56 bits per heavy atom. The van der Waals surface area contributed by atoms with E-state index in [9.17, 15) is 10.1 Å². The van der Waals surface area contributed by atoms with E-state index < -0.39 is 4.92 Å². The summed E-state index contributed by atoms with van der Waals surface area (Å²) in [7, 11) is 3.07. The molecule has 18 heavy (non-hydrogen) atoms. The van der Waals surface area contributed by atoms with Crippen LogP contribution in [-0.2, 0) is 0 Å². The molecule has 0 saturated heterocycles. The minimum atomic E-state index is -0.510. The SMILES string of the molecule is CCOc1c(OC)cc(/C=N/NC)cc1[N+](=O)[O-]. The zero-order valence-electron chi connectivity index (χ0n) is 10.5. The fourth-order valence-corrected chi connectivity index (χ4v) is 1.40. The average Bonchev–Trinajstić information content (AvgIpc) is 2.37. The van der Waals surface area contributed by atoms with Gasteiger partial charge in [-0.1, -0.05) is 0 Å². The molecule has 0 radical (unpaired) electrons. The first-order valence-electron chi connectivity index (χ1n) is 5.33. The van der Waals surface area contributed by atoms with E-state index >= 15 is 0 Å². The molecule has 0 aromatic heterocycles. The summed E-state index contributed by atoms with van der Waals surface area (Å²) in [6.07, 6.45) is 1.46. The highest BCUT2D eigenvalue weighted by Gasteiger charge is 2.21. The van der Waals surface area contributed by atoms with Crippen molar-refractivity contribution < 1.29 is 14.4 Å². The number of methoxy groups -OCH3 is 1. The van der Waals surface area contributed by atoms with E-state index in [1.54, 1.807) is 20.0 Å². The smallest absolute Gasteiger partial charge is 0.315 e. The van der Waals surface area contributed by atoms with Crippen molar-refractivity contribution in [3.05, 3.63) is 27.8 Å². The molecule has 0 bridgehead atoms. The van der Waals surface area contributed by atoms with Gasteiger partial charge in [-0.15, -0.1) is 0 Å². The number of hydrazone groups is 1. The summed E-state index contributed by atoms with van der Waals surface area (Å²) < 4.78 is 10.4. The highest BCUT2D eigenvalue weighted by molar-refractivity contribution is 5.83. The largest absolute Gasteiger partial charge is 0.493 e. The van der Waals surface area contributed by atoms with Crippen molar-refractivity contribution in [2.24, 2.45) is 5.10 Å². The van der Waals surface area contributed by atoms with Crippen LogP contribution in [0.25, 0.3) is 0 Å². The first-order valence-corrected chi connectivity index (χ1v) is 5.33. The fraction of sp³-hybridized carbons (Fsp3) is 0.364. The zero-order valence-corrected chi connectivity index (χ0v) is 10.5. The van der Waals surface area contributed by atoms with E-state index in [2.05, 4.69) is 10.5 Å². The van der Waals surface area contributed by atoms with Crippen molar-refractivity contribution in [1.82, 2.24) is 5.43 Å². The molecule has 0 aliphatic rings. The molecule has 0 unspecified atom stereocenters. The lowest BCUT2D eigenvalue weighted by molar-refractivity contribution is -0.385. The Morgan fingerprint density at radius 2 is 2.28 bits per heavy atom. The number of nitro benzene ring substituents is 1. The maximum absolute atomic E-state index is 11.0. The van der Waals surface area contributed by atoms with Gasteiger partial charge in [-0.05, 0) is 13.0 Å². The Morgan fingerprint density at radius 3 is 2.78 bits per heavy atom. The minimum Gasteiger partial charge on any atom is -0.493 e. The summed E-state index contributed by atoms with van der Waals surface area (Å²) in [5.41, 5.74) is 2.98. The van der Waals surface area contributed by atoms with Crippen LogP contribution >= 0.6 is 0 Å². The number of hydrogen-bond donors (Lipinski definition) is 1. The van der Waals surface area contributed by atoms with Crippen molar-refractivity contribution in [2.75, 3.05) is 20.8 Å². The second-order valence-electron chi connectivity index (χ2n) is 3.24. The van der Waals surface area contributed by atoms with E-state index in [1.165, 1.54) is 19.4 Å². The number of rotatable bonds is 6. The van der Waals surface area contributed by atoms with E-state index in [-0.39, 0.29) is 11.4 Å². The fourth-order valence-electron chi connectivity index (χ4n) is 1.40. The molecule has 0 heterocycles. The Kier molecular flexibility index (Phi) is 4.91. The standard InChI is InChI=1S/C11H15N3O4/c1-4-18-11-9(14(15)16)5-8(7-13-12-2)6-10(11)17-3/h5-7,12H,4H2,1-3H3/b13-7+. The molecule has 1 rings (SSSR count). The molecule has 1 aromatic carbocycles. The lowest BCUT2D eigenvalue weighted by Crippen LogP contribution is -2.02. The lowest BCUT2D eigenvalue weighted by atomic mass is 10.2. The number of ether oxygens (including phenoxy) is 2. The molecule has 7 heteroatoms. The molecule has 98 valence electrons. The van der Waals surface area contributed by atoms with Gasteiger partial charge < -0.3 is 14.9 Å². The molecule has 0 aliphatic heterocycles. The summed E-state index contributed by atoms with van der Waals surface area (Å²) in [5.74, 6) is 0.440. The van der Waals surface area contributed by atoms with Crippen molar-refractivity contribution in [2.45, 2.75) is 6.92 Å². The number of hydrogen-bond acceptors (Lipinski definition) is 6. The Hall–Kier alpha value is -2.31. The maximum Gasteiger partial charge on any atom is 0.315 e. The van der Waals surface area contributed by atoms with Crippen molar-refractivity contribution in [3.63, 3.8) is 0 Å². The van der Waals surface area contributed by atoms with E-state index in [1.807, 2.05) is 0 Å². The highest BCUT2D eigenvalue weighted by Crippen LogP contribution is 2.37. The maximum atomic E-state index is 11.0. The number of nitro groups is 1. The Labute approximate surface area is 105 Å². The van der Waals surface area contributed by atoms with Crippen LogP contribution in [-0.4, -0.2) is 31.9 Å². The van der Waals surface area contributed by atoms with Gasteiger partial charge in [0.1, 0.15) is 0 Å². The molecule has 0 fully saturated rings. The summed E-state index contributed by atoms with van der Waals surface area (Å²) in [6, 6.07) is 3.01. The van der Waals surface area contributed by atoms with Crippen LogP contribution in [0.15, 0.2) is 17.2 Å². The zero-order chi connectivity index (χ0) is 13.5. The van der Waals surface area contributed by atoms with Crippen molar-refractivity contribution in [3.8, 4) is 11.5 Å². The molecular weight excluding hydrogens is 238 g/mol. The van der Waals surface area contributed by atoms with E-state index in [0.717, 1.165) is 0 Å². The third-order valence-electron chi connectivity index (χ3n) is 2.11. The third-order valence-corrected chi connectivity index (χ3v) is 2.11. The summed E-state index contributed by atoms with van der Waals surface area (Å²) in [6.45, 7) is 2.07. The van der Waals surface area contributed by atoms with Gasteiger partial charge in [0.15, 0.2) is 5.75 Å². The molecule has 7 nitrogen and oxygen atoms in total. The van der Waals surface area contributed by atoms with Crippen LogP contribution in [0.2, 0.25) is 0 Å². The topological polar surface area (TPSA) is 86.0 Å². The van der Waals surface area contributed by atoms with Crippen molar-refractivity contribution in [1.29, 1.82) is 0 Å². The summed E-state index contributed by atoms with van der Waals surface area (Å²) >= 11 is 0. The van der Waals surface area contributed by atoms with Crippen LogP contribution in [0.5, 0.6) is 11.5 Å². The quantitative estimate of drug-likeness (QED) is 0.472. The normalized spacial score (nSPS) is 10.4. The number of nitrogens with one attached hydrogen (secondary N) is 1. The van der Waals surface area contributed by atoms with Gasteiger partial charge in [0, 0.05) is 18.7 Å². The van der Waals surface area contributed by atoms with Crippen LogP contribution in [0, 0.1) is 10.1 Å². The van der Waals surface area contributed by atoms with Gasteiger partial charge in [0.05, 0.1) is 24.9 Å². The molecule has 1 N–H and O–H groups in total. The lowest BCUT2D eigenvalue weighted by Gasteiger charge is -2.10. The summed E-state index contributed by atoms with van der Waals surface area (Å²) in [4.78, 5) is 10.5. The molecule has 0 atom stereocenters. The molecule has 0 aliphatic carbocycles. The van der Waals surface area contributed by atoms with Gasteiger partial charge in [-0.2, -0.15) is 5.10 Å². The first-order chi connectivity index (χ1) is 8.63. The van der Waals surface area contributed by atoms with Gasteiger partial charge in [0.25, 0.3) is 0 Å². The monoisotopic (exact) mass is 253 g/mol. The summed E-state index contributed by atoms with van der Waals surface area (Å²) in [5, 5.41) is 14.8. The molecule has 0 saturated carbocycles. The Bertz CT molecular complexity index is 460. The molecular formula is C11H15N3O4. The second kappa shape index (κ2) is 6.43. The average molecular weight is 253 g/mol. The highest BCUT2D eigenvalue weighted by atomic mass is 16.6. The van der Waals surface area contributed by atoms with Gasteiger partial charge in [-0.25, -0.2) is 0 Å². The van der Waals surface area contributed by atoms with Crippen LogP contribution in [0.1, 0.15) is 12.5 Å². The van der Waals surface area contributed by atoms with Gasteiger partial charge in [-0.3, -0.25) is 10.1 Å². The predicted molar refractivity (Wildman–Crippen MR) is 67.5 cm³/mol. The van der Waals surface area contributed by atoms with E-state index in [0.29, 0.717) is 17.9 Å². The molecule has 1 aromatic rings. The van der Waals surface area contributed by atoms with Crippen LogP contribution in [0.3, 0.4) is 0 Å². The second-order valence-corrected chi connectivity index (χ2v) is 3.24. The van der Waals surface area contributed by atoms with Crippen LogP contribution < -0.4 is 14.9 Å². The number of benzene rings is 1. The molecule has 0 amide bonds. The first kappa shape index (κ1) is 13.8. The number of nitrogens with zero attached hydrogens (tertiary/aromatic N) is 2. The predicted octanol–water partition coefficient (Wildman–Crippen LogP) is 1.56. The van der Waals surface area contributed by atoms with E-state index in [4.69, 9.17) is 9.47 Å². The third kappa shape index (κ3) is 3.09. The molecule has 0 spiro atoms. The Balaban J connectivity index is 3.33. The van der Waals surface area contributed by atoms with Crippen molar-refractivity contribution >= 4 is 11.9 Å². The van der Waals surface area contributed by atoms with Gasteiger partial charge >= 0.3 is 5.69 Å².